The molecule has 1 amide bonds. The van der Waals surface area contributed by atoms with Gasteiger partial charge in [0.2, 0.25) is 5.91 Å². The Labute approximate surface area is 211 Å². The third-order valence-electron chi connectivity index (χ3n) is 5.87. The highest BCUT2D eigenvalue weighted by atomic mass is 32.2. The molecule has 2 heterocycles. The molecule has 0 aromatic heterocycles. The van der Waals surface area contributed by atoms with E-state index >= 15 is 0 Å². The Kier molecular flexibility index (Phi) is 9.35. The maximum absolute atomic E-state index is 13.0. The van der Waals surface area contributed by atoms with E-state index in [-0.39, 0.29) is 48.4 Å². The Bertz CT molecular complexity index is 1060. The average molecular weight is 555 g/mol. The summed E-state index contributed by atoms with van der Waals surface area (Å²) in [7, 11) is -1.28. The maximum Gasteiger partial charge on any atom is 0.416 e. The molecule has 2 aromatic carbocycles. The van der Waals surface area contributed by atoms with Crippen LogP contribution in [0.25, 0.3) is 0 Å². The predicted molar refractivity (Wildman–Crippen MR) is 122 cm³/mol. The number of carbonyl (C=O) groups is 1. The van der Waals surface area contributed by atoms with E-state index in [1.165, 1.54) is 18.4 Å². The Hall–Kier alpha value is -2.51. The van der Waals surface area contributed by atoms with Crippen LogP contribution in [-0.2, 0) is 39.5 Å². The van der Waals surface area contributed by atoms with Crippen LogP contribution < -0.4 is 4.72 Å². The van der Waals surface area contributed by atoms with Crippen molar-refractivity contribution in [1.29, 1.82) is 0 Å². The molecule has 2 aliphatic heterocycles. The van der Waals surface area contributed by atoms with Crippen LogP contribution in [0.4, 0.5) is 30.7 Å². The molecule has 13 heteroatoms. The van der Waals surface area contributed by atoms with Crippen LogP contribution in [0.1, 0.15) is 36.0 Å². The number of ether oxygens (including phenoxy) is 1. The van der Waals surface area contributed by atoms with Crippen LogP contribution in [0.15, 0.2) is 48.5 Å². The Morgan fingerprint density at radius 2 is 1.59 bits per heavy atom. The van der Waals surface area contributed by atoms with E-state index in [0.29, 0.717) is 25.0 Å². The highest BCUT2D eigenvalue weighted by molar-refractivity contribution is 7.82. The maximum atomic E-state index is 13.0. The number of rotatable bonds is 5. The topological polar surface area (TPSA) is 58.6 Å². The number of piperidine rings is 1. The number of benzene rings is 2. The second kappa shape index (κ2) is 11.9. The standard InChI is InChI=1S/C18H20F6N2O3S.C6H5F/c1-30(28)25-13-5-14-7-15(8-26(14)16(27)6-13)29-9-10-2-11(17(19,20)21)4-12(3-10)18(22,23)24;7-6-4-2-1-3-5-6/h2-4,13-15,25H,5-9H2,1H3;1-5H. The zero-order valence-electron chi connectivity index (χ0n) is 19.6. The monoisotopic (exact) mass is 554 g/mol. The molecule has 4 unspecified atom stereocenters. The first-order valence-corrected chi connectivity index (χ1v) is 12.8. The van der Waals surface area contributed by atoms with Crippen LogP contribution in [0.2, 0.25) is 0 Å². The summed E-state index contributed by atoms with van der Waals surface area (Å²) < 4.78 is 109. The van der Waals surface area contributed by atoms with Crippen molar-refractivity contribution in [2.75, 3.05) is 12.8 Å². The van der Waals surface area contributed by atoms with Crippen molar-refractivity contribution in [3.8, 4) is 0 Å². The van der Waals surface area contributed by atoms with Crippen molar-refractivity contribution in [3.63, 3.8) is 0 Å². The fourth-order valence-electron chi connectivity index (χ4n) is 4.32. The van der Waals surface area contributed by atoms with Crippen molar-refractivity contribution in [3.05, 3.63) is 71.0 Å². The lowest BCUT2D eigenvalue weighted by atomic mass is 9.98. The predicted octanol–water partition coefficient (Wildman–Crippen LogP) is 5.08. The van der Waals surface area contributed by atoms with Crippen molar-refractivity contribution < 1.29 is 44.5 Å². The first-order chi connectivity index (χ1) is 17.2. The fourth-order valence-corrected chi connectivity index (χ4v) is 4.97. The summed E-state index contributed by atoms with van der Waals surface area (Å²) in [5.41, 5.74) is -3.03. The van der Waals surface area contributed by atoms with Gasteiger partial charge in [-0.25, -0.2) is 13.3 Å². The summed E-state index contributed by atoms with van der Waals surface area (Å²) in [4.78, 5) is 13.9. The highest BCUT2D eigenvalue weighted by Gasteiger charge is 2.42. The smallest absolute Gasteiger partial charge is 0.372 e. The number of alkyl halides is 6. The molecule has 0 bridgehead atoms. The minimum absolute atomic E-state index is 0.0722. The van der Waals surface area contributed by atoms with Gasteiger partial charge in [-0.2, -0.15) is 26.3 Å². The number of nitrogens with zero attached hydrogens (tertiary/aromatic N) is 1. The third kappa shape index (κ3) is 8.50. The molecule has 0 aliphatic carbocycles. The Balaban J connectivity index is 0.000000468. The first-order valence-electron chi connectivity index (χ1n) is 11.2. The van der Waals surface area contributed by atoms with Crippen LogP contribution in [0, 0.1) is 5.82 Å². The normalized spacial score (nSPS) is 22.8. The molecule has 2 aromatic rings. The summed E-state index contributed by atoms with van der Waals surface area (Å²) >= 11 is 0. The number of hydrogen-bond acceptors (Lipinski definition) is 3. The molecule has 0 saturated carbocycles. The number of nitrogens with one attached hydrogen (secondary N) is 1. The van der Waals surface area contributed by atoms with Crippen molar-refractivity contribution in [1.82, 2.24) is 9.62 Å². The van der Waals surface area contributed by atoms with Crippen LogP contribution in [-0.4, -0.2) is 46.0 Å². The lowest BCUT2D eigenvalue weighted by molar-refractivity contribution is -0.143. The van der Waals surface area contributed by atoms with E-state index in [1.807, 2.05) is 0 Å². The van der Waals surface area contributed by atoms with Gasteiger partial charge in [0.15, 0.2) is 0 Å². The molecule has 1 N–H and O–H groups in total. The Morgan fingerprint density at radius 1 is 1.00 bits per heavy atom. The van der Waals surface area contributed by atoms with E-state index in [2.05, 4.69) is 4.72 Å². The molecule has 4 atom stereocenters. The number of fused-ring (bicyclic) bond motifs is 1. The largest absolute Gasteiger partial charge is 0.416 e. The van der Waals surface area contributed by atoms with Gasteiger partial charge in [-0.3, -0.25) is 4.79 Å². The molecule has 5 nitrogen and oxygen atoms in total. The second-order valence-electron chi connectivity index (χ2n) is 8.79. The van der Waals surface area contributed by atoms with Gasteiger partial charge >= 0.3 is 12.4 Å². The number of carbonyl (C=O) groups excluding carboxylic acids is 1. The van der Waals surface area contributed by atoms with E-state index in [0.717, 1.165) is 0 Å². The van der Waals surface area contributed by atoms with Gasteiger partial charge < -0.3 is 9.64 Å². The van der Waals surface area contributed by atoms with E-state index in [4.69, 9.17) is 4.74 Å². The fraction of sp³-hybridized carbons (Fsp3) is 0.458. The molecule has 2 fully saturated rings. The summed E-state index contributed by atoms with van der Waals surface area (Å²) in [6, 6.07) is 8.86. The van der Waals surface area contributed by atoms with Gasteiger partial charge in [-0.1, -0.05) is 18.2 Å². The minimum atomic E-state index is -4.92. The number of halogens is 7. The zero-order chi connectivity index (χ0) is 27.4. The summed E-state index contributed by atoms with van der Waals surface area (Å²) in [6.45, 7) is -0.219. The lowest BCUT2D eigenvalue weighted by Crippen LogP contribution is -2.49. The molecule has 2 aliphatic rings. The lowest BCUT2D eigenvalue weighted by Gasteiger charge is -2.34. The molecule has 204 valence electrons. The average Bonchev–Trinajstić information content (AvgIpc) is 3.20. The highest BCUT2D eigenvalue weighted by Crippen LogP contribution is 2.37. The molecule has 0 spiro atoms. The summed E-state index contributed by atoms with van der Waals surface area (Å²) in [5, 5.41) is 0. The van der Waals surface area contributed by atoms with E-state index < -0.39 is 47.2 Å². The first kappa shape index (κ1) is 29.1. The Morgan fingerprint density at radius 3 is 2.08 bits per heavy atom. The zero-order valence-corrected chi connectivity index (χ0v) is 20.4. The van der Waals surface area contributed by atoms with Gasteiger partial charge in [0.05, 0.1) is 34.8 Å². The van der Waals surface area contributed by atoms with Gasteiger partial charge in [0.25, 0.3) is 0 Å². The third-order valence-corrected chi connectivity index (χ3v) is 6.54. The van der Waals surface area contributed by atoms with Gasteiger partial charge in [0.1, 0.15) is 5.82 Å². The number of hydrogen-bond donors (Lipinski definition) is 1. The SMILES string of the molecule is CS(=O)NC1CC(=O)N2CC(OCc3cc(C(F)(F)F)cc(C(F)(F)F)c3)CC2C1.Fc1ccccc1. The number of amides is 1. The molecular formula is C24H25F7N2O3S. The van der Waals surface area contributed by atoms with Crippen LogP contribution >= 0.6 is 0 Å². The quantitative estimate of drug-likeness (QED) is 0.525. The van der Waals surface area contributed by atoms with E-state index in [9.17, 15) is 39.7 Å². The summed E-state index contributed by atoms with van der Waals surface area (Å²) in [5.74, 6) is -0.332. The molecule has 0 radical (unpaired) electrons. The molecule has 37 heavy (non-hydrogen) atoms. The molecule has 2 saturated heterocycles. The van der Waals surface area contributed by atoms with Crippen molar-refractivity contribution in [2.45, 2.75) is 56.4 Å². The van der Waals surface area contributed by atoms with Crippen LogP contribution in [0.3, 0.4) is 0 Å². The second-order valence-corrected chi connectivity index (χ2v) is 9.93. The van der Waals surface area contributed by atoms with Gasteiger partial charge in [-0.05, 0) is 48.7 Å². The molecule has 4 rings (SSSR count). The van der Waals surface area contributed by atoms with Crippen molar-refractivity contribution in [2.24, 2.45) is 0 Å². The van der Waals surface area contributed by atoms with Gasteiger partial charge in [-0.15, -0.1) is 0 Å². The van der Waals surface area contributed by atoms with E-state index in [1.54, 1.807) is 23.1 Å². The van der Waals surface area contributed by atoms with Gasteiger partial charge in [0, 0.05) is 31.3 Å². The minimum Gasteiger partial charge on any atom is -0.372 e. The van der Waals surface area contributed by atoms with Crippen LogP contribution in [0.5, 0.6) is 0 Å². The molecular weight excluding hydrogens is 529 g/mol. The van der Waals surface area contributed by atoms with Crippen molar-refractivity contribution >= 4 is 16.9 Å². The summed E-state index contributed by atoms with van der Waals surface area (Å²) in [6.07, 6.45) is -7.75.